The van der Waals surface area contributed by atoms with Crippen LogP contribution in [0.5, 0.6) is 0 Å². The first-order valence-corrected chi connectivity index (χ1v) is 7.15. The van der Waals surface area contributed by atoms with E-state index in [4.69, 9.17) is 14.2 Å². The van der Waals surface area contributed by atoms with Gasteiger partial charge in [0.05, 0.1) is 12.2 Å². The average Bonchev–Trinajstić information content (AvgIpc) is 2.15. The number of aliphatic hydroxyl groups is 1. The number of nitrogens with zero attached hydrogens (tertiary/aromatic N) is 1. The van der Waals surface area contributed by atoms with Crippen molar-refractivity contribution in [3.05, 3.63) is 0 Å². The second-order valence-corrected chi connectivity index (χ2v) is 6.00. The lowest BCUT2D eigenvalue weighted by molar-refractivity contribution is -0.115. The number of carbonyl (C=O) groups excluding carboxylic acids is 1. The van der Waals surface area contributed by atoms with Crippen LogP contribution in [-0.4, -0.2) is 41.5 Å². The third-order valence-electron chi connectivity index (χ3n) is 1.67. The molecule has 0 fully saturated rings. The summed E-state index contributed by atoms with van der Waals surface area (Å²) in [7, 11) is -3.62. The minimum atomic E-state index is -3.62. The molecule has 1 amide bonds. The van der Waals surface area contributed by atoms with Crippen LogP contribution in [0.3, 0.4) is 0 Å². The highest BCUT2D eigenvalue weighted by atomic mass is 31.2. The molecular weight excluding hydrogens is 245 g/mol. The number of rotatable bonds is 9. The molecule has 0 atom stereocenters. The largest absolute Gasteiger partial charge is 0.437 e. The number of amides is 1. The van der Waals surface area contributed by atoms with Gasteiger partial charge in [-0.2, -0.15) is 0 Å². The quantitative estimate of drug-likeness (QED) is 0.509. The lowest BCUT2D eigenvalue weighted by Gasteiger charge is -2.29. The number of aliphatic hydroxyl groups excluding tert-OH is 1. The van der Waals surface area contributed by atoms with E-state index in [1.54, 1.807) is 27.7 Å². The fourth-order valence-corrected chi connectivity index (χ4v) is 3.00. The van der Waals surface area contributed by atoms with Crippen molar-refractivity contribution in [2.45, 2.75) is 46.3 Å². The Balaban J connectivity index is 4.84. The predicted molar refractivity (Wildman–Crippen MR) is 64.5 cm³/mol. The molecular formula is C10H22NO5P. The van der Waals surface area contributed by atoms with Gasteiger partial charge in [-0.1, -0.05) is 0 Å². The van der Waals surface area contributed by atoms with Gasteiger partial charge < -0.3 is 5.11 Å². The Bertz CT molecular complexity index is 255. The minimum absolute atomic E-state index is 0.0896. The molecule has 0 saturated heterocycles. The fourth-order valence-electron chi connectivity index (χ4n) is 1.14. The zero-order valence-electron chi connectivity index (χ0n) is 10.8. The van der Waals surface area contributed by atoms with Crippen molar-refractivity contribution in [1.29, 1.82) is 0 Å². The van der Waals surface area contributed by atoms with Crippen molar-refractivity contribution in [2.24, 2.45) is 0 Å². The molecule has 0 aromatic heterocycles. The summed E-state index contributed by atoms with van der Waals surface area (Å²) in [6.45, 7) is 6.90. The summed E-state index contributed by atoms with van der Waals surface area (Å²) in [5.41, 5.74) is 0. The standard InChI is InChI=1S/C10H22NO5P/c1-9(2)15-17(14,16-10(3)4)11(8-13)6-5-7-12/h8-10,12H,5-7H2,1-4H3. The molecule has 102 valence electrons. The van der Waals surface area contributed by atoms with Crippen molar-refractivity contribution < 1.29 is 23.5 Å². The Hall–Kier alpha value is -0.420. The second kappa shape index (κ2) is 7.82. The smallest absolute Gasteiger partial charge is 0.396 e. The highest BCUT2D eigenvalue weighted by Gasteiger charge is 2.34. The summed E-state index contributed by atoms with van der Waals surface area (Å²) in [6.07, 6.45) is 0.111. The Morgan fingerprint density at radius 2 is 1.71 bits per heavy atom. The van der Waals surface area contributed by atoms with Gasteiger partial charge >= 0.3 is 7.75 Å². The van der Waals surface area contributed by atoms with Gasteiger partial charge in [-0.3, -0.25) is 18.5 Å². The predicted octanol–water partition coefficient (Wildman–Crippen LogP) is 1.79. The van der Waals surface area contributed by atoms with Crippen LogP contribution in [0.25, 0.3) is 0 Å². The second-order valence-electron chi connectivity index (χ2n) is 4.12. The van der Waals surface area contributed by atoms with Gasteiger partial charge in [-0.25, -0.2) is 4.57 Å². The summed E-state index contributed by atoms with van der Waals surface area (Å²) in [6, 6.07) is 0. The van der Waals surface area contributed by atoms with Crippen molar-refractivity contribution in [1.82, 2.24) is 4.67 Å². The van der Waals surface area contributed by atoms with E-state index in [1.165, 1.54) is 0 Å². The summed E-state index contributed by atoms with van der Waals surface area (Å²) in [5.74, 6) is 0. The number of hydrogen-bond acceptors (Lipinski definition) is 5. The molecule has 0 unspecified atom stereocenters. The van der Waals surface area contributed by atoms with Crippen LogP contribution in [0.2, 0.25) is 0 Å². The number of carbonyl (C=O) groups is 1. The van der Waals surface area contributed by atoms with Gasteiger partial charge in [-0.05, 0) is 34.1 Å². The van der Waals surface area contributed by atoms with Gasteiger partial charge in [0.15, 0.2) is 0 Å². The van der Waals surface area contributed by atoms with Crippen molar-refractivity contribution in [3.63, 3.8) is 0 Å². The molecule has 0 aromatic carbocycles. The number of hydrogen-bond donors (Lipinski definition) is 1. The molecule has 0 aromatic rings. The molecule has 0 heterocycles. The lowest BCUT2D eigenvalue weighted by atomic mass is 10.5. The molecule has 0 aliphatic carbocycles. The first-order chi connectivity index (χ1) is 7.85. The van der Waals surface area contributed by atoms with Crippen LogP contribution in [0.15, 0.2) is 0 Å². The summed E-state index contributed by atoms with van der Waals surface area (Å²) in [5, 5.41) is 8.73. The molecule has 17 heavy (non-hydrogen) atoms. The molecule has 0 bridgehead atoms. The van der Waals surface area contributed by atoms with E-state index in [0.717, 1.165) is 4.67 Å². The van der Waals surface area contributed by atoms with E-state index in [1.807, 2.05) is 0 Å². The molecule has 6 nitrogen and oxygen atoms in total. The Labute approximate surface area is 102 Å². The van der Waals surface area contributed by atoms with Gasteiger partial charge in [-0.15, -0.1) is 0 Å². The first kappa shape index (κ1) is 16.6. The fraction of sp³-hybridized carbons (Fsp3) is 0.900. The van der Waals surface area contributed by atoms with Gasteiger partial charge in [0.2, 0.25) is 6.41 Å². The van der Waals surface area contributed by atoms with Crippen LogP contribution in [0.1, 0.15) is 34.1 Å². The van der Waals surface area contributed by atoms with E-state index in [2.05, 4.69) is 0 Å². The van der Waals surface area contributed by atoms with Crippen molar-refractivity contribution in [2.75, 3.05) is 13.2 Å². The zero-order valence-corrected chi connectivity index (χ0v) is 11.7. The van der Waals surface area contributed by atoms with E-state index >= 15 is 0 Å². The van der Waals surface area contributed by atoms with Gasteiger partial charge in [0, 0.05) is 13.2 Å². The summed E-state index contributed by atoms with van der Waals surface area (Å²) in [4.78, 5) is 10.9. The molecule has 0 spiro atoms. The van der Waals surface area contributed by atoms with Crippen LogP contribution in [0, 0.1) is 0 Å². The first-order valence-electron chi connectivity index (χ1n) is 5.65. The summed E-state index contributed by atoms with van der Waals surface area (Å²) < 4.78 is 23.9. The Kier molecular flexibility index (Phi) is 7.63. The minimum Gasteiger partial charge on any atom is -0.396 e. The van der Waals surface area contributed by atoms with Crippen molar-refractivity contribution >= 4 is 14.2 Å². The Morgan fingerprint density at radius 3 is 2.00 bits per heavy atom. The lowest BCUT2D eigenvalue weighted by Crippen LogP contribution is -2.26. The van der Waals surface area contributed by atoms with E-state index < -0.39 is 7.75 Å². The molecule has 0 radical (unpaired) electrons. The zero-order chi connectivity index (χ0) is 13.5. The highest BCUT2D eigenvalue weighted by molar-refractivity contribution is 7.51. The maximum Gasteiger partial charge on any atom is 0.437 e. The van der Waals surface area contributed by atoms with Gasteiger partial charge in [0.25, 0.3) is 0 Å². The Morgan fingerprint density at radius 1 is 1.24 bits per heavy atom. The molecule has 0 rings (SSSR count). The highest BCUT2D eigenvalue weighted by Crippen LogP contribution is 2.53. The third-order valence-corrected chi connectivity index (χ3v) is 3.97. The topological polar surface area (TPSA) is 76.1 Å². The normalized spacial score (nSPS) is 12.2. The van der Waals surface area contributed by atoms with E-state index in [0.29, 0.717) is 12.8 Å². The van der Waals surface area contributed by atoms with Gasteiger partial charge in [0.1, 0.15) is 0 Å². The monoisotopic (exact) mass is 267 g/mol. The molecule has 7 heteroatoms. The van der Waals surface area contributed by atoms with E-state index in [9.17, 15) is 9.36 Å². The molecule has 0 aliphatic heterocycles. The van der Waals surface area contributed by atoms with Crippen LogP contribution < -0.4 is 0 Å². The van der Waals surface area contributed by atoms with Crippen LogP contribution in [-0.2, 0) is 18.4 Å². The van der Waals surface area contributed by atoms with E-state index in [-0.39, 0.29) is 25.4 Å². The SMILES string of the molecule is CC(C)OP(=O)(OC(C)C)N(C=O)CCCO. The van der Waals surface area contributed by atoms with Crippen LogP contribution in [0.4, 0.5) is 0 Å². The average molecular weight is 267 g/mol. The van der Waals surface area contributed by atoms with Crippen molar-refractivity contribution in [3.8, 4) is 0 Å². The molecule has 1 N–H and O–H groups in total. The molecule has 0 saturated carbocycles. The third kappa shape index (κ3) is 6.17. The maximum atomic E-state index is 12.4. The molecule has 0 aliphatic rings. The van der Waals surface area contributed by atoms with Crippen LogP contribution >= 0.6 is 7.75 Å². The maximum absolute atomic E-state index is 12.4. The summed E-state index contributed by atoms with van der Waals surface area (Å²) >= 11 is 0.